The largest absolute Gasteiger partial charge is 0.507 e. The number of nitrogens with zero attached hydrogens (tertiary/aromatic N) is 2. The van der Waals surface area contributed by atoms with Crippen LogP contribution in [0.4, 0.5) is 0 Å². The van der Waals surface area contributed by atoms with E-state index in [9.17, 15) is 10.2 Å². The highest BCUT2D eigenvalue weighted by Gasteiger charge is 2.25. The predicted octanol–water partition coefficient (Wildman–Crippen LogP) is 2.00. The normalized spacial score (nSPS) is 19.2. The monoisotopic (exact) mass is 248 g/mol. The van der Waals surface area contributed by atoms with Crippen LogP contribution in [0.2, 0.25) is 0 Å². The van der Waals surface area contributed by atoms with E-state index in [0.717, 1.165) is 12.8 Å². The number of aromatic nitrogens is 2. The fraction of sp³-hybridized carbons (Fsp3) is 0.333. The summed E-state index contributed by atoms with van der Waals surface area (Å²) in [5.74, 6) is 0.344. The Labute approximate surface area is 103 Å². The fourth-order valence-corrected chi connectivity index (χ4v) is 2.00. The molecule has 0 bridgehead atoms. The maximum atomic E-state index is 9.70. The molecule has 1 saturated heterocycles. The van der Waals surface area contributed by atoms with Crippen molar-refractivity contribution in [3.05, 3.63) is 24.0 Å². The first-order chi connectivity index (χ1) is 8.75. The summed E-state index contributed by atoms with van der Waals surface area (Å²) in [6.45, 7) is 0.691. The Kier molecular flexibility index (Phi) is 2.64. The Bertz CT molecular complexity index is 541. The molecule has 0 radical (unpaired) electrons. The molecule has 1 aliphatic heterocycles. The molecular formula is C12H12N2O4. The van der Waals surface area contributed by atoms with E-state index in [1.807, 2.05) is 0 Å². The summed E-state index contributed by atoms with van der Waals surface area (Å²) in [5, 5.41) is 23.2. The molecular weight excluding hydrogens is 236 g/mol. The van der Waals surface area contributed by atoms with Crippen molar-refractivity contribution in [2.45, 2.75) is 18.9 Å². The lowest BCUT2D eigenvalue weighted by Gasteiger charge is -2.02. The van der Waals surface area contributed by atoms with E-state index in [2.05, 4.69) is 10.1 Å². The van der Waals surface area contributed by atoms with E-state index in [4.69, 9.17) is 9.26 Å². The summed E-state index contributed by atoms with van der Waals surface area (Å²) in [6, 6.07) is 4.43. The molecule has 18 heavy (non-hydrogen) atoms. The molecule has 0 spiro atoms. The zero-order valence-corrected chi connectivity index (χ0v) is 9.54. The van der Waals surface area contributed by atoms with E-state index >= 15 is 0 Å². The highest BCUT2D eigenvalue weighted by atomic mass is 16.5. The van der Waals surface area contributed by atoms with E-state index in [1.165, 1.54) is 18.2 Å². The maximum Gasteiger partial charge on any atom is 0.265 e. The number of phenolic OH excluding ortho intramolecular Hbond substituents is 2. The molecule has 6 heteroatoms. The van der Waals surface area contributed by atoms with Crippen LogP contribution in [0.5, 0.6) is 11.5 Å². The first-order valence-electron chi connectivity index (χ1n) is 5.72. The first-order valence-corrected chi connectivity index (χ1v) is 5.72. The number of hydrogen-bond donors (Lipinski definition) is 2. The van der Waals surface area contributed by atoms with Crippen LogP contribution < -0.4 is 0 Å². The molecule has 3 rings (SSSR count). The predicted molar refractivity (Wildman–Crippen MR) is 61.0 cm³/mol. The van der Waals surface area contributed by atoms with Crippen molar-refractivity contribution in [3.8, 4) is 23.0 Å². The van der Waals surface area contributed by atoms with Gasteiger partial charge in [-0.1, -0.05) is 11.2 Å². The Morgan fingerprint density at radius 1 is 1.22 bits per heavy atom. The number of phenols is 2. The van der Waals surface area contributed by atoms with Crippen molar-refractivity contribution in [2.24, 2.45) is 0 Å². The SMILES string of the molecule is Oc1cccc(O)c1-c1nc(C2CCCO2)no1. The van der Waals surface area contributed by atoms with E-state index in [1.54, 1.807) is 0 Å². The number of benzene rings is 1. The van der Waals surface area contributed by atoms with Crippen molar-refractivity contribution in [3.63, 3.8) is 0 Å². The smallest absolute Gasteiger partial charge is 0.265 e. The van der Waals surface area contributed by atoms with Gasteiger partial charge in [0.2, 0.25) is 5.82 Å². The summed E-state index contributed by atoms with van der Waals surface area (Å²) in [6.07, 6.45) is 1.66. The Morgan fingerprint density at radius 3 is 2.67 bits per heavy atom. The average molecular weight is 248 g/mol. The number of rotatable bonds is 2. The van der Waals surface area contributed by atoms with Gasteiger partial charge in [0.1, 0.15) is 23.2 Å². The van der Waals surface area contributed by atoms with Crippen LogP contribution in [0.1, 0.15) is 24.8 Å². The lowest BCUT2D eigenvalue weighted by Crippen LogP contribution is -1.97. The molecule has 2 heterocycles. The van der Waals surface area contributed by atoms with E-state index < -0.39 is 0 Å². The van der Waals surface area contributed by atoms with Gasteiger partial charge in [-0.2, -0.15) is 4.98 Å². The quantitative estimate of drug-likeness (QED) is 0.845. The highest BCUT2D eigenvalue weighted by Crippen LogP contribution is 2.37. The minimum absolute atomic E-state index is 0.0936. The molecule has 94 valence electrons. The van der Waals surface area contributed by atoms with Crippen molar-refractivity contribution < 1.29 is 19.5 Å². The average Bonchev–Trinajstić information content (AvgIpc) is 2.99. The van der Waals surface area contributed by atoms with Gasteiger partial charge in [0, 0.05) is 6.61 Å². The first kappa shape index (κ1) is 11.0. The lowest BCUT2D eigenvalue weighted by molar-refractivity contribution is 0.103. The van der Waals surface area contributed by atoms with Crippen LogP contribution in [0.3, 0.4) is 0 Å². The summed E-state index contributed by atoms with van der Waals surface area (Å²) < 4.78 is 10.5. The topological polar surface area (TPSA) is 88.6 Å². The summed E-state index contributed by atoms with van der Waals surface area (Å²) in [4.78, 5) is 4.16. The minimum Gasteiger partial charge on any atom is -0.507 e. The molecule has 6 nitrogen and oxygen atoms in total. The highest BCUT2D eigenvalue weighted by molar-refractivity contribution is 5.69. The van der Waals surface area contributed by atoms with Crippen LogP contribution >= 0.6 is 0 Å². The third-order valence-electron chi connectivity index (χ3n) is 2.89. The second-order valence-corrected chi connectivity index (χ2v) is 4.13. The molecule has 0 amide bonds. The van der Waals surface area contributed by atoms with Gasteiger partial charge in [-0.15, -0.1) is 0 Å². The van der Waals surface area contributed by atoms with Gasteiger partial charge in [0.25, 0.3) is 5.89 Å². The summed E-state index contributed by atoms with van der Waals surface area (Å²) in [5.41, 5.74) is 0.147. The zero-order valence-electron chi connectivity index (χ0n) is 9.54. The van der Waals surface area contributed by atoms with Gasteiger partial charge in [-0.05, 0) is 25.0 Å². The minimum atomic E-state index is -0.157. The van der Waals surface area contributed by atoms with Crippen molar-refractivity contribution >= 4 is 0 Å². The van der Waals surface area contributed by atoms with Crippen molar-refractivity contribution in [1.29, 1.82) is 0 Å². The molecule has 0 aliphatic carbocycles. The molecule has 1 atom stereocenters. The van der Waals surface area contributed by atoms with Gasteiger partial charge in [-0.3, -0.25) is 0 Å². The van der Waals surface area contributed by atoms with Gasteiger partial charge in [-0.25, -0.2) is 0 Å². The molecule has 2 aromatic rings. The van der Waals surface area contributed by atoms with Gasteiger partial charge >= 0.3 is 0 Å². The molecule has 0 saturated carbocycles. The van der Waals surface area contributed by atoms with E-state index in [-0.39, 0.29) is 29.1 Å². The molecule has 1 unspecified atom stereocenters. The number of aromatic hydroxyl groups is 2. The van der Waals surface area contributed by atoms with Crippen molar-refractivity contribution in [2.75, 3.05) is 6.61 Å². The van der Waals surface area contributed by atoms with E-state index in [0.29, 0.717) is 12.4 Å². The van der Waals surface area contributed by atoms with Crippen LogP contribution in [0, 0.1) is 0 Å². The Morgan fingerprint density at radius 2 is 2.00 bits per heavy atom. The summed E-state index contributed by atoms with van der Waals surface area (Å²) in [7, 11) is 0. The van der Waals surface area contributed by atoms with Crippen LogP contribution in [-0.2, 0) is 4.74 Å². The Balaban J connectivity index is 1.97. The standard InChI is InChI=1S/C12H12N2O4/c15-7-3-1-4-8(16)10(7)12-13-11(14-18-12)9-5-2-6-17-9/h1,3-4,9,15-16H,2,5-6H2. The van der Waals surface area contributed by atoms with Gasteiger partial charge in [0.15, 0.2) is 0 Å². The van der Waals surface area contributed by atoms with Crippen LogP contribution in [-0.4, -0.2) is 27.0 Å². The molecule has 2 N–H and O–H groups in total. The fourth-order valence-electron chi connectivity index (χ4n) is 2.00. The van der Waals surface area contributed by atoms with Crippen LogP contribution in [0.25, 0.3) is 11.5 Å². The summed E-state index contributed by atoms with van der Waals surface area (Å²) >= 11 is 0. The Hall–Kier alpha value is -2.08. The maximum absolute atomic E-state index is 9.70. The molecule has 1 aliphatic rings. The second kappa shape index (κ2) is 4.30. The second-order valence-electron chi connectivity index (χ2n) is 4.13. The molecule has 1 aromatic heterocycles. The third-order valence-corrected chi connectivity index (χ3v) is 2.89. The third kappa shape index (κ3) is 1.80. The van der Waals surface area contributed by atoms with Gasteiger partial charge in [0.05, 0.1) is 0 Å². The number of ether oxygens (including phenoxy) is 1. The lowest BCUT2D eigenvalue weighted by atomic mass is 10.1. The number of hydrogen-bond acceptors (Lipinski definition) is 6. The zero-order chi connectivity index (χ0) is 12.5. The van der Waals surface area contributed by atoms with Crippen LogP contribution in [0.15, 0.2) is 22.7 Å². The molecule has 1 fully saturated rings. The van der Waals surface area contributed by atoms with Gasteiger partial charge < -0.3 is 19.5 Å². The molecule has 1 aromatic carbocycles. The van der Waals surface area contributed by atoms with Crippen molar-refractivity contribution in [1.82, 2.24) is 10.1 Å².